The number of rotatable bonds is 3. The molecule has 2 rings (SSSR count). The van der Waals surface area contributed by atoms with E-state index in [1.165, 1.54) is 7.05 Å². The number of nitrogens with zero attached hydrogens (tertiary/aromatic N) is 3. The third-order valence-corrected chi connectivity index (χ3v) is 5.65. The molecule has 0 saturated carbocycles. The van der Waals surface area contributed by atoms with Crippen molar-refractivity contribution < 1.29 is 13.2 Å². The maximum absolute atomic E-state index is 12.6. The summed E-state index contributed by atoms with van der Waals surface area (Å²) in [5, 5.41) is 7.23. The Hall–Kier alpha value is -1.45. The predicted molar refractivity (Wildman–Crippen MR) is 91.5 cm³/mol. The molecule has 1 fully saturated rings. The van der Waals surface area contributed by atoms with Crippen LogP contribution < -0.4 is 10.0 Å². The normalized spacial score (nSPS) is 24.8. The minimum atomic E-state index is -3.74. The molecule has 2 heterocycles. The Bertz CT molecular complexity index is 720. The fourth-order valence-electron chi connectivity index (χ4n) is 2.80. The van der Waals surface area contributed by atoms with Gasteiger partial charge in [0, 0.05) is 30.9 Å². The number of nitrogens with one attached hydrogen (secondary N) is 2. The van der Waals surface area contributed by atoms with E-state index in [9.17, 15) is 13.2 Å². The Labute approximate surface area is 143 Å². The van der Waals surface area contributed by atoms with Crippen LogP contribution in [0.15, 0.2) is 6.20 Å². The number of hydrogen-bond acceptors (Lipinski definition) is 4. The van der Waals surface area contributed by atoms with Gasteiger partial charge in [0.2, 0.25) is 5.91 Å². The Morgan fingerprint density at radius 2 is 2.08 bits per heavy atom. The molecule has 0 aromatic carbocycles. The molecular formula is C15H27N5O3S. The van der Waals surface area contributed by atoms with Gasteiger partial charge in [-0.05, 0) is 41.0 Å². The standard InChI is InChI=1S/C15H27N5O3S/c1-7-20-9-11(10(2)17-20)12-8-13(14(21)16-15(3,4)5)19(6)24(22,23)18-12/h9,12-13,18H,7-8H2,1-6H3,(H,16,21)/t12-,13-/m1/s1. The van der Waals surface area contributed by atoms with Crippen molar-refractivity contribution in [3.63, 3.8) is 0 Å². The van der Waals surface area contributed by atoms with Crippen LogP contribution in [-0.4, -0.2) is 47.0 Å². The first-order chi connectivity index (χ1) is 10.9. The highest BCUT2D eigenvalue weighted by Gasteiger charge is 2.42. The molecule has 1 amide bonds. The molecule has 1 aliphatic rings. The van der Waals surface area contributed by atoms with E-state index >= 15 is 0 Å². The van der Waals surface area contributed by atoms with Gasteiger partial charge in [0.15, 0.2) is 0 Å². The minimum absolute atomic E-state index is 0.291. The highest BCUT2D eigenvalue weighted by Crippen LogP contribution is 2.29. The lowest BCUT2D eigenvalue weighted by molar-refractivity contribution is -0.126. The number of likely N-dealkylation sites (N-methyl/N-ethyl adjacent to an activating group) is 1. The number of aryl methyl sites for hydroxylation is 2. The average Bonchev–Trinajstić information content (AvgIpc) is 2.81. The lowest BCUT2D eigenvalue weighted by atomic mass is 9.99. The molecule has 0 radical (unpaired) electrons. The van der Waals surface area contributed by atoms with Gasteiger partial charge in [-0.1, -0.05) is 0 Å². The molecule has 1 aromatic rings. The molecule has 0 spiro atoms. The highest BCUT2D eigenvalue weighted by molar-refractivity contribution is 7.87. The topological polar surface area (TPSA) is 96.3 Å². The van der Waals surface area contributed by atoms with Gasteiger partial charge in [-0.25, -0.2) is 0 Å². The SMILES string of the molecule is CCn1cc([C@H]2C[C@H](C(=O)NC(C)(C)C)N(C)S(=O)(=O)N2)c(C)n1. The van der Waals surface area contributed by atoms with Crippen molar-refractivity contribution in [2.75, 3.05) is 7.05 Å². The van der Waals surface area contributed by atoms with Crippen LogP contribution in [0, 0.1) is 6.92 Å². The van der Waals surface area contributed by atoms with E-state index in [2.05, 4.69) is 15.1 Å². The monoisotopic (exact) mass is 357 g/mol. The van der Waals surface area contributed by atoms with Crippen LogP contribution >= 0.6 is 0 Å². The molecule has 0 aliphatic carbocycles. The Morgan fingerprint density at radius 1 is 1.46 bits per heavy atom. The fourth-order valence-corrected chi connectivity index (χ4v) is 4.07. The zero-order valence-electron chi connectivity index (χ0n) is 15.1. The highest BCUT2D eigenvalue weighted by atomic mass is 32.2. The van der Waals surface area contributed by atoms with Gasteiger partial charge in [0.25, 0.3) is 10.2 Å². The summed E-state index contributed by atoms with van der Waals surface area (Å²) in [6, 6.07) is -1.23. The van der Waals surface area contributed by atoms with Crippen LogP contribution in [0.4, 0.5) is 0 Å². The summed E-state index contributed by atoms with van der Waals surface area (Å²) < 4.78 is 30.4. The van der Waals surface area contributed by atoms with Gasteiger partial charge < -0.3 is 5.32 Å². The second-order valence-electron chi connectivity index (χ2n) is 7.21. The van der Waals surface area contributed by atoms with Crippen molar-refractivity contribution in [1.29, 1.82) is 0 Å². The van der Waals surface area contributed by atoms with E-state index in [0.29, 0.717) is 13.0 Å². The van der Waals surface area contributed by atoms with Gasteiger partial charge in [-0.2, -0.15) is 22.5 Å². The quantitative estimate of drug-likeness (QED) is 0.832. The van der Waals surface area contributed by atoms with Crippen molar-refractivity contribution in [1.82, 2.24) is 24.1 Å². The van der Waals surface area contributed by atoms with Crippen molar-refractivity contribution in [3.8, 4) is 0 Å². The van der Waals surface area contributed by atoms with E-state index < -0.39 is 27.8 Å². The fraction of sp³-hybridized carbons (Fsp3) is 0.733. The molecule has 0 bridgehead atoms. The Balaban J connectivity index is 2.33. The smallest absolute Gasteiger partial charge is 0.280 e. The van der Waals surface area contributed by atoms with Gasteiger partial charge in [-0.15, -0.1) is 0 Å². The Kier molecular flexibility index (Phi) is 5.08. The third kappa shape index (κ3) is 3.96. The number of amides is 1. The van der Waals surface area contributed by atoms with Crippen LogP contribution in [0.3, 0.4) is 0 Å². The van der Waals surface area contributed by atoms with Gasteiger partial charge >= 0.3 is 0 Å². The molecule has 2 atom stereocenters. The van der Waals surface area contributed by atoms with E-state index in [4.69, 9.17) is 0 Å². The second kappa shape index (κ2) is 6.45. The summed E-state index contributed by atoms with van der Waals surface area (Å²) in [6.45, 7) is 10.1. The number of hydrogen-bond donors (Lipinski definition) is 2. The van der Waals surface area contributed by atoms with Gasteiger partial charge in [-0.3, -0.25) is 9.48 Å². The van der Waals surface area contributed by atoms with E-state index in [-0.39, 0.29) is 5.91 Å². The van der Waals surface area contributed by atoms with Gasteiger partial charge in [0.1, 0.15) is 6.04 Å². The summed E-state index contributed by atoms with van der Waals surface area (Å²) in [4.78, 5) is 12.6. The van der Waals surface area contributed by atoms with Crippen LogP contribution in [0.5, 0.6) is 0 Å². The van der Waals surface area contributed by atoms with Crippen LogP contribution in [-0.2, 0) is 21.5 Å². The summed E-state index contributed by atoms with van der Waals surface area (Å²) in [5.74, 6) is -0.291. The molecule has 0 unspecified atom stereocenters. The van der Waals surface area contributed by atoms with Crippen LogP contribution in [0.25, 0.3) is 0 Å². The number of aromatic nitrogens is 2. The first-order valence-corrected chi connectivity index (χ1v) is 9.50. The molecule has 24 heavy (non-hydrogen) atoms. The minimum Gasteiger partial charge on any atom is -0.350 e. The van der Waals surface area contributed by atoms with Crippen molar-refractivity contribution in [3.05, 3.63) is 17.5 Å². The van der Waals surface area contributed by atoms with E-state index in [1.807, 2.05) is 40.8 Å². The van der Waals surface area contributed by atoms with Crippen molar-refractivity contribution in [2.45, 2.75) is 65.2 Å². The summed E-state index contributed by atoms with van der Waals surface area (Å²) in [6.07, 6.45) is 2.19. The largest absolute Gasteiger partial charge is 0.350 e. The molecule has 136 valence electrons. The zero-order chi connectivity index (χ0) is 18.3. The first kappa shape index (κ1) is 18.9. The summed E-state index contributed by atoms with van der Waals surface area (Å²) in [5.41, 5.74) is 1.15. The second-order valence-corrected chi connectivity index (χ2v) is 8.97. The Morgan fingerprint density at radius 3 is 2.58 bits per heavy atom. The predicted octanol–water partition coefficient (Wildman–Crippen LogP) is 0.706. The maximum Gasteiger partial charge on any atom is 0.280 e. The number of carbonyl (C=O) groups excluding carboxylic acids is 1. The summed E-state index contributed by atoms with van der Waals surface area (Å²) in [7, 11) is -2.31. The zero-order valence-corrected chi connectivity index (χ0v) is 15.9. The van der Waals surface area contributed by atoms with Crippen LogP contribution in [0.1, 0.15) is 51.4 Å². The number of carbonyl (C=O) groups is 1. The summed E-state index contributed by atoms with van der Waals surface area (Å²) >= 11 is 0. The molecule has 1 saturated heterocycles. The van der Waals surface area contributed by atoms with E-state index in [1.54, 1.807) is 4.68 Å². The third-order valence-electron chi connectivity index (χ3n) is 4.05. The average molecular weight is 357 g/mol. The molecule has 1 aromatic heterocycles. The molecule has 9 heteroatoms. The molecule has 1 aliphatic heterocycles. The molecular weight excluding hydrogens is 330 g/mol. The van der Waals surface area contributed by atoms with E-state index in [0.717, 1.165) is 15.6 Å². The van der Waals surface area contributed by atoms with Crippen molar-refractivity contribution in [2.24, 2.45) is 0 Å². The lowest BCUT2D eigenvalue weighted by Gasteiger charge is -2.37. The van der Waals surface area contributed by atoms with Crippen molar-refractivity contribution >= 4 is 16.1 Å². The first-order valence-electron chi connectivity index (χ1n) is 8.06. The maximum atomic E-state index is 12.6. The molecule has 2 N–H and O–H groups in total. The lowest BCUT2D eigenvalue weighted by Crippen LogP contribution is -2.59. The van der Waals surface area contributed by atoms with Gasteiger partial charge in [0.05, 0.1) is 11.7 Å². The van der Waals surface area contributed by atoms with Crippen LogP contribution in [0.2, 0.25) is 0 Å². The molecule has 8 nitrogen and oxygen atoms in total.